The first-order valence-electron chi connectivity index (χ1n) is 4.62. The number of amides is 1. The van der Waals surface area contributed by atoms with Gasteiger partial charge in [0, 0.05) is 23.1 Å². The Bertz CT molecular complexity index is 523. The smallest absolute Gasteiger partial charge is 0.291 e. The summed E-state index contributed by atoms with van der Waals surface area (Å²) < 4.78 is 0. The van der Waals surface area contributed by atoms with Gasteiger partial charge in [-0.3, -0.25) is 10.1 Å². The van der Waals surface area contributed by atoms with Crippen LogP contribution < -0.4 is 5.32 Å². The predicted octanol–water partition coefficient (Wildman–Crippen LogP) is 2.13. The van der Waals surface area contributed by atoms with Crippen molar-refractivity contribution in [1.29, 1.82) is 0 Å². The van der Waals surface area contributed by atoms with Gasteiger partial charge < -0.3 is 0 Å². The maximum atomic E-state index is 11.4. The fourth-order valence-corrected chi connectivity index (χ4v) is 1.59. The molecule has 0 aliphatic carbocycles. The highest BCUT2D eigenvalue weighted by atomic mass is 32.1. The van der Waals surface area contributed by atoms with Crippen LogP contribution in [0, 0.1) is 11.8 Å². The van der Waals surface area contributed by atoms with Crippen LogP contribution >= 0.6 is 11.3 Å². The van der Waals surface area contributed by atoms with Crippen LogP contribution in [0.5, 0.6) is 0 Å². The van der Waals surface area contributed by atoms with Gasteiger partial charge in [-0.15, -0.1) is 11.3 Å². The lowest BCUT2D eigenvalue weighted by atomic mass is 10.2. The molecule has 0 fully saturated rings. The summed E-state index contributed by atoms with van der Waals surface area (Å²) in [5.74, 6) is 4.93. The third kappa shape index (κ3) is 2.94. The maximum absolute atomic E-state index is 11.4. The van der Waals surface area contributed by atoms with E-state index < -0.39 is 0 Å². The van der Waals surface area contributed by atoms with Crippen LogP contribution in [0.3, 0.4) is 0 Å². The van der Waals surface area contributed by atoms with E-state index in [1.165, 1.54) is 11.3 Å². The molecule has 4 heteroatoms. The standard InChI is InChI=1S/C12H8N2OS/c15-11(14-12-13-8-9-16-12)7-6-10-4-2-1-3-5-10/h1-5,8-9H,(H,13,14,15). The third-order valence-electron chi connectivity index (χ3n) is 1.75. The molecule has 0 atom stereocenters. The van der Waals surface area contributed by atoms with E-state index in [-0.39, 0.29) is 5.91 Å². The van der Waals surface area contributed by atoms with E-state index in [0.717, 1.165) is 5.56 Å². The lowest BCUT2D eigenvalue weighted by Crippen LogP contribution is -2.07. The van der Waals surface area contributed by atoms with Crippen molar-refractivity contribution in [2.75, 3.05) is 5.32 Å². The highest BCUT2D eigenvalue weighted by Crippen LogP contribution is 2.09. The Morgan fingerprint density at radius 2 is 2.12 bits per heavy atom. The third-order valence-corrected chi connectivity index (χ3v) is 2.44. The van der Waals surface area contributed by atoms with E-state index in [2.05, 4.69) is 22.1 Å². The molecular formula is C12H8N2OS. The van der Waals surface area contributed by atoms with Gasteiger partial charge in [0.05, 0.1) is 0 Å². The molecule has 3 nitrogen and oxygen atoms in total. The minimum atomic E-state index is -0.348. The van der Waals surface area contributed by atoms with Crippen LogP contribution in [0.2, 0.25) is 0 Å². The Kier molecular flexibility index (Phi) is 3.31. The van der Waals surface area contributed by atoms with Gasteiger partial charge in [-0.2, -0.15) is 0 Å². The predicted molar refractivity (Wildman–Crippen MR) is 64.1 cm³/mol. The lowest BCUT2D eigenvalue weighted by molar-refractivity contribution is -0.111. The molecule has 16 heavy (non-hydrogen) atoms. The van der Waals surface area contributed by atoms with Crippen molar-refractivity contribution < 1.29 is 4.79 Å². The van der Waals surface area contributed by atoms with E-state index in [0.29, 0.717) is 5.13 Å². The van der Waals surface area contributed by atoms with Crippen LogP contribution in [-0.2, 0) is 4.79 Å². The number of nitrogens with one attached hydrogen (secondary N) is 1. The summed E-state index contributed by atoms with van der Waals surface area (Å²) >= 11 is 1.36. The van der Waals surface area contributed by atoms with E-state index in [1.807, 2.05) is 30.3 Å². The molecule has 2 rings (SSSR count). The molecule has 0 aliphatic heterocycles. The fourth-order valence-electron chi connectivity index (χ4n) is 1.06. The summed E-state index contributed by atoms with van der Waals surface area (Å²) in [6.07, 6.45) is 1.63. The van der Waals surface area contributed by atoms with Crippen LogP contribution in [0.4, 0.5) is 5.13 Å². The number of anilines is 1. The molecule has 2 aromatic rings. The number of nitrogens with zero attached hydrogens (tertiary/aromatic N) is 1. The highest BCUT2D eigenvalue weighted by Gasteiger charge is 1.98. The van der Waals surface area contributed by atoms with Gasteiger partial charge in [-0.05, 0) is 12.1 Å². The summed E-state index contributed by atoms with van der Waals surface area (Å²) in [6, 6.07) is 9.36. The molecule has 1 N–H and O–H groups in total. The second-order valence-corrected chi connectivity index (χ2v) is 3.80. The summed E-state index contributed by atoms with van der Waals surface area (Å²) in [6.45, 7) is 0. The van der Waals surface area contributed by atoms with Crippen molar-refractivity contribution in [2.45, 2.75) is 0 Å². The van der Waals surface area contributed by atoms with Crippen LogP contribution in [-0.4, -0.2) is 10.9 Å². The summed E-state index contributed by atoms with van der Waals surface area (Å²) in [5, 5.41) is 4.94. The zero-order valence-electron chi connectivity index (χ0n) is 8.31. The molecule has 0 spiro atoms. The Morgan fingerprint density at radius 3 is 2.81 bits per heavy atom. The number of aromatic nitrogens is 1. The normalized spacial score (nSPS) is 9.00. The van der Waals surface area contributed by atoms with Crippen LogP contribution in [0.1, 0.15) is 5.56 Å². The quantitative estimate of drug-likeness (QED) is 0.760. The van der Waals surface area contributed by atoms with E-state index in [4.69, 9.17) is 0 Å². The molecule has 78 valence electrons. The first kappa shape index (κ1) is 10.4. The van der Waals surface area contributed by atoms with E-state index >= 15 is 0 Å². The van der Waals surface area contributed by atoms with Gasteiger partial charge >= 0.3 is 5.91 Å². The molecule has 1 heterocycles. The zero-order valence-corrected chi connectivity index (χ0v) is 9.12. The second-order valence-electron chi connectivity index (χ2n) is 2.91. The van der Waals surface area contributed by atoms with Crippen molar-refractivity contribution in [2.24, 2.45) is 0 Å². The SMILES string of the molecule is O=C(C#Cc1ccccc1)Nc1nccs1. The Morgan fingerprint density at radius 1 is 1.31 bits per heavy atom. The molecule has 1 aromatic heterocycles. The average molecular weight is 228 g/mol. The number of benzene rings is 1. The summed E-state index contributed by atoms with van der Waals surface area (Å²) in [7, 11) is 0. The summed E-state index contributed by atoms with van der Waals surface area (Å²) in [5.41, 5.74) is 0.816. The monoisotopic (exact) mass is 228 g/mol. The van der Waals surface area contributed by atoms with Crippen molar-refractivity contribution in [1.82, 2.24) is 4.98 Å². The first-order chi connectivity index (χ1) is 7.84. The number of carbonyl (C=O) groups is 1. The Balaban J connectivity index is 2.01. The minimum absolute atomic E-state index is 0.348. The second kappa shape index (κ2) is 5.10. The number of carbonyl (C=O) groups excluding carboxylic acids is 1. The van der Waals surface area contributed by atoms with Crippen molar-refractivity contribution >= 4 is 22.4 Å². The summed E-state index contributed by atoms with van der Waals surface area (Å²) in [4.78, 5) is 15.3. The average Bonchev–Trinajstić information content (AvgIpc) is 2.81. The number of thiazole rings is 1. The highest BCUT2D eigenvalue weighted by molar-refractivity contribution is 7.13. The zero-order chi connectivity index (χ0) is 11.2. The minimum Gasteiger partial charge on any atom is -0.291 e. The molecule has 0 aliphatic rings. The molecule has 1 amide bonds. The van der Waals surface area contributed by atoms with Crippen molar-refractivity contribution in [3.8, 4) is 11.8 Å². The van der Waals surface area contributed by atoms with Gasteiger partial charge in [-0.25, -0.2) is 4.98 Å². The number of hydrogen-bond donors (Lipinski definition) is 1. The molecule has 0 radical (unpaired) electrons. The van der Waals surface area contributed by atoms with Crippen LogP contribution in [0.25, 0.3) is 0 Å². The molecule has 0 saturated heterocycles. The number of rotatable bonds is 1. The first-order valence-corrected chi connectivity index (χ1v) is 5.50. The number of hydrogen-bond acceptors (Lipinski definition) is 3. The van der Waals surface area contributed by atoms with Crippen molar-refractivity contribution in [3.63, 3.8) is 0 Å². The Hall–Kier alpha value is -2.12. The lowest BCUT2D eigenvalue weighted by Gasteiger charge is -1.92. The van der Waals surface area contributed by atoms with Gasteiger partial charge in [0.15, 0.2) is 5.13 Å². The van der Waals surface area contributed by atoms with Gasteiger partial charge in [0.2, 0.25) is 0 Å². The van der Waals surface area contributed by atoms with E-state index in [9.17, 15) is 4.79 Å². The fraction of sp³-hybridized carbons (Fsp3) is 0. The molecule has 1 aromatic carbocycles. The molecular weight excluding hydrogens is 220 g/mol. The van der Waals surface area contributed by atoms with Gasteiger partial charge in [0.25, 0.3) is 0 Å². The van der Waals surface area contributed by atoms with Gasteiger partial charge in [-0.1, -0.05) is 24.1 Å². The largest absolute Gasteiger partial charge is 0.302 e. The molecule has 0 unspecified atom stereocenters. The van der Waals surface area contributed by atoms with Gasteiger partial charge in [0.1, 0.15) is 0 Å². The Labute approximate surface area is 97.2 Å². The molecule has 0 bridgehead atoms. The van der Waals surface area contributed by atoms with E-state index in [1.54, 1.807) is 11.6 Å². The maximum Gasteiger partial charge on any atom is 0.302 e. The van der Waals surface area contributed by atoms with Crippen molar-refractivity contribution in [3.05, 3.63) is 47.5 Å². The van der Waals surface area contributed by atoms with Crippen LogP contribution in [0.15, 0.2) is 41.9 Å². The molecule has 0 saturated carbocycles. The topological polar surface area (TPSA) is 42.0 Å².